The van der Waals surface area contributed by atoms with Crippen molar-refractivity contribution in [1.29, 1.82) is 0 Å². The van der Waals surface area contributed by atoms with Crippen molar-refractivity contribution in [3.63, 3.8) is 0 Å². The number of rotatable bonds is 4. The minimum Gasteiger partial charge on any atom is -0.398 e. The molecule has 1 unspecified atom stereocenters. The molecule has 1 aliphatic heterocycles. The van der Waals surface area contributed by atoms with E-state index in [9.17, 15) is 0 Å². The highest BCUT2D eigenvalue weighted by molar-refractivity contribution is 5.47. The molecule has 2 fully saturated rings. The molecule has 0 bridgehead atoms. The van der Waals surface area contributed by atoms with Gasteiger partial charge in [-0.2, -0.15) is 0 Å². The van der Waals surface area contributed by atoms with Crippen LogP contribution in [0.15, 0.2) is 18.5 Å². The highest BCUT2D eigenvalue weighted by atomic mass is 15.3. The number of nitrogens with one attached hydrogen (secondary N) is 1. The van der Waals surface area contributed by atoms with Crippen molar-refractivity contribution in [2.24, 2.45) is 5.84 Å². The molecule has 1 saturated carbocycles. The van der Waals surface area contributed by atoms with E-state index in [1.165, 1.54) is 51.6 Å². The number of likely N-dealkylation sites (tertiary alicyclic amines) is 1. The number of nitrogen functional groups attached to an aromatic ring is 1. The van der Waals surface area contributed by atoms with E-state index in [1.807, 2.05) is 12.3 Å². The first-order chi connectivity index (χ1) is 9.78. The molecule has 1 aromatic rings. The first-order valence-electron chi connectivity index (χ1n) is 7.68. The van der Waals surface area contributed by atoms with Crippen LogP contribution in [0.5, 0.6) is 0 Å². The van der Waals surface area contributed by atoms with Crippen LogP contribution in [0.1, 0.15) is 50.1 Å². The Morgan fingerprint density at radius 2 is 1.90 bits per heavy atom. The summed E-state index contributed by atoms with van der Waals surface area (Å²) < 4.78 is 0. The quantitative estimate of drug-likeness (QED) is 0.574. The smallest absolute Gasteiger partial charge is 0.0679 e. The summed E-state index contributed by atoms with van der Waals surface area (Å²) in [6.07, 6.45) is 11.1. The van der Waals surface area contributed by atoms with Crippen molar-refractivity contribution >= 4 is 5.69 Å². The number of hydrogen-bond donors (Lipinski definition) is 3. The molecule has 1 aromatic heterocycles. The molecule has 0 aromatic carbocycles. The van der Waals surface area contributed by atoms with Gasteiger partial charge in [0, 0.05) is 29.2 Å². The van der Waals surface area contributed by atoms with Gasteiger partial charge in [0.05, 0.1) is 6.04 Å². The first-order valence-corrected chi connectivity index (χ1v) is 7.68. The third-order valence-electron chi connectivity index (χ3n) is 5.11. The van der Waals surface area contributed by atoms with Crippen molar-refractivity contribution in [1.82, 2.24) is 15.3 Å². The Balaban J connectivity index is 1.98. The van der Waals surface area contributed by atoms with E-state index >= 15 is 0 Å². The van der Waals surface area contributed by atoms with Crippen molar-refractivity contribution in [3.8, 4) is 0 Å². The topological polar surface area (TPSA) is 80.2 Å². The second-order valence-electron chi connectivity index (χ2n) is 6.11. The van der Waals surface area contributed by atoms with Crippen LogP contribution in [-0.4, -0.2) is 28.5 Å². The van der Waals surface area contributed by atoms with Gasteiger partial charge in [0.1, 0.15) is 0 Å². The zero-order chi connectivity index (χ0) is 14.0. The highest BCUT2D eigenvalue weighted by Crippen LogP contribution is 2.46. The molecule has 1 aliphatic carbocycles. The second-order valence-corrected chi connectivity index (χ2v) is 6.11. The van der Waals surface area contributed by atoms with Crippen molar-refractivity contribution in [2.75, 3.05) is 18.8 Å². The molecule has 1 saturated heterocycles. The summed E-state index contributed by atoms with van der Waals surface area (Å²) in [6, 6.07) is 1.93. The first kappa shape index (κ1) is 13.8. The predicted molar refractivity (Wildman–Crippen MR) is 80.7 cm³/mol. The van der Waals surface area contributed by atoms with E-state index in [0.29, 0.717) is 0 Å². The Kier molecular flexibility index (Phi) is 3.92. The van der Waals surface area contributed by atoms with Crippen molar-refractivity contribution in [3.05, 3.63) is 24.0 Å². The van der Waals surface area contributed by atoms with Gasteiger partial charge in [0.15, 0.2) is 0 Å². The Morgan fingerprint density at radius 3 is 2.50 bits per heavy atom. The van der Waals surface area contributed by atoms with Gasteiger partial charge in [-0.15, -0.1) is 0 Å². The molecule has 110 valence electrons. The normalized spacial score (nSPS) is 24.1. The Bertz CT molecular complexity index is 449. The highest BCUT2D eigenvalue weighted by Gasteiger charge is 2.47. The number of pyridine rings is 1. The summed E-state index contributed by atoms with van der Waals surface area (Å²) in [5.74, 6) is 5.95. The van der Waals surface area contributed by atoms with Gasteiger partial charge in [0.2, 0.25) is 0 Å². The van der Waals surface area contributed by atoms with Crippen LogP contribution in [0, 0.1) is 0 Å². The van der Waals surface area contributed by atoms with Crippen LogP contribution in [0.25, 0.3) is 0 Å². The van der Waals surface area contributed by atoms with Crippen LogP contribution >= 0.6 is 0 Å². The summed E-state index contributed by atoms with van der Waals surface area (Å²) >= 11 is 0. The molecule has 0 amide bonds. The van der Waals surface area contributed by atoms with E-state index < -0.39 is 0 Å². The fourth-order valence-electron chi connectivity index (χ4n) is 4.13. The SMILES string of the molecule is NNC(c1cnccc1N)C1(N2CCCC2)CCCC1. The van der Waals surface area contributed by atoms with E-state index in [2.05, 4.69) is 15.3 Å². The molecule has 5 heteroatoms. The zero-order valence-electron chi connectivity index (χ0n) is 12.0. The lowest BCUT2D eigenvalue weighted by atomic mass is 9.82. The average molecular weight is 275 g/mol. The van der Waals surface area contributed by atoms with Gasteiger partial charge in [-0.3, -0.25) is 21.2 Å². The molecule has 5 N–H and O–H groups in total. The van der Waals surface area contributed by atoms with Gasteiger partial charge < -0.3 is 5.73 Å². The molecule has 3 rings (SSSR count). The summed E-state index contributed by atoms with van der Waals surface area (Å²) in [7, 11) is 0. The molecule has 0 spiro atoms. The molecule has 20 heavy (non-hydrogen) atoms. The van der Waals surface area contributed by atoms with Gasteiger partial charge in [-0.1, -0.05) is 12.8 Å². The number of nitrogens with two attached hydrogens (primary N) is 2. The minimum absolute atomic E-state index is 0.0665. The zero-order valence-corrected chi connectivity index (χ0v) is 12.0. The van der Waals surface area contributed by atoms with Crippen LogP contribution in [0.3, 0.4) is 0 Å². The predicted octanol–water partition coefficient (Wildman–Crippen LogP) is 1.58. The van der Waals surface area contributed by atoms with Gasteiger partial charge in [0.25, 0.3) is 0 Å². The van der Waals surface area contributed by atoms with E-state index in [-0.39, 0.29) is 11.6 Å². The number of anilines is 1. The fourth-order valence-corrected chi connectivity index (χ4v) is 4.13. The largest absolute Gasteiger partial charge is 0.398 e. The fraction of sp³-hybridized carbons (Fsp3) is 0.667. The molecule has 1 atom stereocenters. The van der Waals surface area contributed by atoms with Crippen LogP contribution in [0.4, 0.5) is 5.69 Å². The van der Waals surface area contributed by atoms with E-state index in [0.717, 1.165) is 11.3 Å². The number of aromatic nitrogens is 1. The summed E-state index contributed by atoms with van der Waals surface area (Å²) in [5, 5.41) is 0. The summed E-state index contributed by atoms with van der Waals surface area (Å²) in [5.41, 5.74) is 11.2. The molecular formula is C15H25N5. The van der Waals surface area contributed by atoms with Gasteiger partial charge >= 0.3 is 0 Å². The lowest BCUT2D eigenvalue weighted by molar-refractivity contribution is 0.0766. The minimum atomic E-state index is 0.0665. The number of hydrazine groups is 1. The monoisotopic (exact) mass is 275 g/mol. The standard InChI is InChI=1S/C15H25N5/c16-13-5-8-18-11-12(13)14(19-17)15(6-1-2-7-15)20-9-3-4-10-20/h5,8,11,14,19H,1-4,6-7,9-10,17H2,(H2,16,18). The van der Waals surface area contributed by atoms with Gasteiger partial charge in [-0.25, -0.2) is 0 Å². The lowest BCUT2D eigenvalue weighted by Gasteiger charge is -2.45. The Hall–Kier alpha value is -1.17. The average Bonchev–Trinajstić information content (AvgIpc) is 3.12. The molecule has 2 aliphatic rings. The second kappa shape index (κ2) is 5.68. The molecular weight excluding hydrogens is 250 g/mol. The summed E-state index contributed by atoms with van der Waals surface area (Å²) in [6.45, 7) is 2.36. The molecule has 5 nitrogen and oxygen atoms in total. The van der Waals surface area contributed by atoms with Crippen LogP contribution in [-0.2, 0) is 0 Å². The Labute approximate surface area is 120 Å². The van der Waals surface area contributed by atoms with Gasteiger partial charge in [-0.05, 0) is 44.8 Å². The third-order valence-corrected chi connectivity index (χ3v) is 5.11. The van der Waals surface area contributed by atoms with E-state index in [4.69, 9.17) is 11.6 Å². The number of hydrogen-bond acceptors (Lipinski definition) is 5. The van der Waals surface area contributed by atoms with Crippen LogP contribution < -0.4 is 17.0 Å². The maximum absolute atomic E-state index is 6.17. The van der Waals surface area contributed by atoms with Crippen LogP contribution in [0.2, 0.25) is 0 Å². The van der Waals surface area contributed by atoms with Crippen molar-refractivity contribution in [2.45, 2.75) is 50.1 Å². The maximum atomic E-state index is 6.17. The lowest BCUT2D eigenvalue weighted by Crippen LogP contribution is -2.55. The maximum Gasteiger partial charge on any atom is 0.0679 e. The van der Waals surface area contributed by atoms with Crippen molar-refractivity contribution < 1.29 is 0 Å². The Morgan fingerprint density at radius 1 is 1.20 bits per heavy atom. The summed E-state index contributed by atoms with van der Waals surface area (Å²) in [4.78, 5) is 6.89. The third kappa shape index (κ3) is 2.20. The molecule has 2 heterocycles. The van der Waals surface area contributed by atoms with E-state index in [1.54, 1.807) is 6.20 Å². The number of nitrogens with zero attached hydrogens (tertiary/aromatic N) is 2. The molecule has 0 radical (unpaired) electrons.